The van der Waals surface area contributed by atoms with Gasteiger partial charge in [0, 0.05) is 33.2 Å². The van der Waals surface area contributed by atoms with E-state index in [0.29, 0.717) is 0 Å². The number of anilines is 3. The van der Waals surface area contributed by atoms with Crippen molar-refractivity contribution in [3.8, 4) is 5.75 Å². The van der Waals surface area contributed by atoms with Gasteiger partial charge < -0.3 is 19.9 Å². The Morgan fingerprint density at radius 2 is 1.53 bits per heavy atom. The Labute approximate surface area is 265 Å². The predicted octanol–water partition coefficient (Wildman–Crippen LogP) is 10.6. The SMILES string of the molecule is C1=CCC=C(C2Nc3ccc4c([nH]c5ccc(C6=CC=CC(N(c7ccccc7)c7ccccc7)C=C6)cc54)c3O2)C=C1.CC. The number of hydrogen-bond donors (Lipinski definition) is 2. The van der Waals surface area contributed by atoms with Crippen molar-refractivity contribution in [2.75, 3.05) is 10.2 Å². The first-order valence-corrected chi connectivity index (χ1v) is 15.8. The van der Waals surface area contributed by atoms with Gasteiger partial charge in [-0.1, -0.05) is 117 Å². The number of allylic oxidation sites excluding steroid dienone is 8. The number of H-pyrrole nitrogens is 1. The van der Waals surface area contributed by atoms with E-state index >= 15 is 0 Å². The van der Waals surface area contributed by atoms with Crippen molar-refractivity contribution in [1.29, 1.82) is 0 Å². The Hall–Kier alpha value is -5.48. The molecule has 4 aromatic carbocycles. The number of aromatic nitrogens is 1. The lowest BCUT2D eigenvalue weighted by molar-refractivity contribution is 0.296. The second-order valence-electron chi connectivity index (χ2n) is 11.0. The van der Waals surface area contributed by atoms with Crippen LogP contribution >= 0.6 is 0 Å². The summed E-state index contributed by atoms with van der Waals surface area (Å²) in [6, 6.07) is 32.2. The van der Waals surface area contributed by atoms with E-state index in [-0.39, 0.29) is 12.3 Å². The van der Waals surface area contributed by atoms with Crippen molar-refractivity contribution >= 4 is 44.4 Å². The smallest absolute Gasteiger partial charge is 0.196 e. The summed E-state index contributed by atoms with van der Waals surface area (Å²) in [7, 11) is 0. The van der Waals surface area contributed by atoms with E-state index in [4.69, 9.17) is 4.74 Å². The highest BCUT2D eigenvalue weighted by Gasteiger charge is 2.27. The molecule has 45 heavy (non-hydrogen) atoms. The maximum Gasteiger partial charge on any atom is 0.196 e. The predicted molar refractivity (Wildman–Crippen MR) is 191 cm³/mol. The van der Waals surface area contributed by atoms with Crippen LogP contribution in [0, 0.1) is 0 Å². The van der Waals surface area contributed by atoms with Gasteiger partial charge in [0.2, 0.25) is 0 Å². The molecule has 1 aromatic heterocycles. The van der Waals surface area contributed by atoms with Crippen LogP contribution < -0.4 is 15.0 Å². The Morgan fingerprint density at radius 1 is 0.756 bits per heavy atom. The zero-order valence-electron chi connectivity index (χ0n) is 25.7. The first-order chi connectivity index (χ1) is 22.3. The Morgan fingerprint density at radius 3 is 2.31 bits per heavy atom. The number of aromatic amines is 1. The summed E-state index contributed by atoms with van der Waals surface area (Å²) in [6.07, 6.45) is 22.5. The molecular formula is C41H37N3O. The van der Waals surface area contributed by atoms with Crippen LogP contribution in [0.5, 0.6) is 5.75 Å². The fourth-order valence-corrected chi connectivity index (χ4v) is 6.22. The molecule has 8 rings (SSSR count). The number of nitrogens with zero attached hydrogens (tertiary/aromatic N) is 1. The number of fused-ring (bicyclic) bond motifs is 5. The molecular weight excluding hydrogens is 550 g/mol. The van der Waals surface area contributed by atoms with E-state index in [1.54, 1.807) is 0 Å². The molecule has 5 aromatic rings. The van der Waals surface area contributed by atoms with Crippen LogP contribution in [0.25, 0.3) is 27.4 Å². The molecule has 0 saturated heterocycles. The van der Waals surface area contributed by atoms with Crippen molar-refractivity contribution in [2.24, 2.45) is 0 Å². The lowest BCUT2D eigenvalue weighted by atomic mass is 10.0. The fraction of sp³-hybridized carbons (Fsp3) is 0.122. The molecule has 0 radical (unpaired) electrons. The van der Waals surface area contributed by atoms with Crippen molar-refractivity contribution in [3.05, 3.63) is 163 Å². The molecule has 2 unspecified atom stereocenters. The Bertz CT molecular complexity index is 1970. The maximum atomic E-state index is 6.49. The number of hydrogen-bond acceptors (Lipinski definition) is 3. The second-order valence-corrected chi connectivity index (χ2v) is 11.0. The zero-order chi connectivity index (χ0) is 30.6. The number of nitrogens with one attached hydrogen (secondary N) is 2. The molecule has 222 valence electrons. The van der Waals surface area contributed by atoms with Gasteiger partial charge in [-0.2, -0.15) is 0 Å². The van der Waals surface area contributed by atoms with Gasteiger partial charge in [-0.3, -0.25) is 0 Å². The van der Waals surface area contributed by atoms with E-state index in [0.717, 1.165) is 51.2 Å². The molecule has 0 fully saturated rings. The van der Waals surface area contributed by atoms with Crippen LogP contribution in [-0.2, 0) is 0 Å². The minimum atomic E-state index is -0.189. The third-order valence-corrected chi connectivity index (χ3v) is 8.33. The summed E-state index contributed by atoms with van der Waals surface area (Å²) in [5, 5.41) is 5.91. The van der Waals surface area contributed by atoms with Gasteiger partial charge in [0.15, 0.2) is 12.0 Å². The number of ether oxygens (including phenoxy) is 1. The van der Waals surface area contributed by atoms with E-state index in [1.165, 1.54) is 16.5 Å². The summed E-state index contributed by atoms with van der Waals surface area (Å²) in [5.74, 6) is 0.882. The number of para-hydroxylation sites is 2. The third kappa shape index (κ3) is 5.51. The molecule has 4 heteroatoms. The quantitative estimate of drug-likeness (QED) is 0.215. The van der Waals surface area contributed by atoms with Gasteiger partial charge in [-0.25, -0.2) is 0 Å². The Kier molecular flexibility index (Phi) is 7.94. The van der Waals surface area contributed by atoms with Crippen LogP contribution in [0.3, 0.4) is 0 Å². The van der Waals surface area contributed by atoms with Gasteiger partial charge in [0.05, 0.1) is 17.2 Å². The van der Waals surface area contributed by atoms with Crippen LogP contribution in [0.4, 0.5) is 17.1 Å². The number of rotatable bonds is 5. The van der Waals surface area contributed by atoms with E-state index in [1.807, 2.05) is 13.8 Å². The summed E-state index contributed by atoms with van der Waals surface area (Å²) in [4.78, 5) is 6.01. The average Bonchev–Trinajstić information content (AvgIpc) is 3.46. The van der Waals surface area contributed by atoms with Crippen molar-refractivity contribution < 1.29 is 4.74 Å². The molecule has 2 N–H and O–H groups in total. The largest absolute Gasteiger partial charge is 0.462 e. The molecule has 0 saturated carbocycles. The van der Waals surface area contributed by atoms with Crippen molar-refractivity contribution in [1.82, 2.24) is 4.98 Å². The first kappa shape index (κ1) is 28.3. The van der Waals surface area contributed by atoms with Gasteiger partial charge in [0.1, 0.15) is 0 Å². The molecule has 0 amide bonds. The van der Waals surface area contributed by atoms with Gasteiger partial charge in [-0.15, -0.1) is 0 Å². The Balaban J connectivity index is 0.00000160. The topological polar surface area (TPSA) is 40.3 Å². The summed E-state index contributed by atoms with van der Waals surface area (Å²) in [5.41, 5.74) is 8.96. The minimum Gasteiger partial charge on any atom is -0.462 e. The zero-order valence-corrected chi connectivity index (χ0v) is 25.7. The lowest BCUT2D eigenvalue weighted by Crippen LogP contribution is -2.27. The molecule has 2 aliphatic carbocycles. The standard InChI is InChI=1S/C39H31N3O.C2H6/c1-2-6-13-28(12-5-1)39-41-36-25-23-33-34-26-29(21-24-35(34)40-37(33)38(36)43-39)27-14-11-19-32(22-20-27)42(30-15-7-3-8-16-30)31-17-9-4-10-18-31;1-2/h1-5,7-26,32,39-41H,6H2;1-2H3. The molecule has 2 atom stereocenters. The van der Waals surface area contributed by atoms with E-state index in [2.05, 4.69) is 167 Å². The highest BCUT2D eigenvalue weighted by atomic mass is 16.5. The molecule has 0 spiro atoms. The fourth-order valence-electron chi connectivity index (χ4n) is 6.22. The monoisotopic (exact) mass is 587 g/mol. The maximum absolute atomic E-state index is 6.49. The van der Waals surface area contributed by atoms with Crippen molar-refractivity contribution in [3.63, 3.8) is 0 Å². The highest BCUT2D eigenvalue weighted by Crippen LogP contribution is 2.43. The van der Waals surface area contributed by atoms with Crippen LogP contribution in [0.1, 0.15) is 25.8 Å². The van der Waals surface area contributed by atoms with Crippen LogP contribution in [0.15, 0.2) is 157 Å². The molecule has 3 aliphatic rings. The molecule has 4 nitrogen and oxygen atoms in total. The van der Waals surface area contributed by atoms with Crippen LogP contribution in [0.2, 0.25) is 0 Å². The number of benzene rings is 4. The summed E-state index contributed by atoms with van der Waals surface area (Å²) >= 11 is 0. The molecule has 1 aliphatic heterocycles. The second kappa shape index (κ2) is 12.6. The van der Waals surface area contributed by atoms with Crippen LogP contribution in [-0.4, -0.2) is 17.3 Å². The summed E-state index contributed by atoms with van der Waals surface area (Å²) < 4.78 is 6.49. The van der Waals surface area contributed by atoms with E-state index < -0.39 is 0 Å². The van der Waals surface area contributed by atoms with Gasteiger partial charge in [-0.05, 0) is 66.1 Å². The van der Waals surface area contributed by atoms with Gasteiger partial charge >= 0.3 is 0 Å². The average molecular weight is 588 g/mol. The highest BCUT2D eigenvalue weighted by molar-refractivity contribution is 6.12. The van der Waals surface area contributed by atoms with Gasteiger partial charge in [0.25, 0.3) is 0 Å². The first-order valence-electron chi connectivity index (χ1n) is 15.8. The lowest BCUT2D eigenvalue weighted by Gasteiger charge is -2.30. The summed E-state index contributed by atoms with van der Waals surface area (Å²) in [6.45, 7) is 4.00. The van der Waals surface area contributed by atoms with E-state index in [9.17, 15) is 0 Å². The molecule has 2 heterocycles. The van der Waals surface area contributed by atoms with Crippen molar-refractivity contribution in [2.45, 2.75) is 32.5 Å². The normalized spacial score (nSPS) is 18.2. The molecule has 0 bridgehead atoms. The third-order valence-electron chi connectivity index (χ3n) is 8.33. The minimum absolute atomic E-state index is 0.0738.